The number of pyridine rings is 1. The van der Waals surface area contributed by atoms with Crippen molar-refractivity contribution in [2.45, 2.75) is 32.9 Å². The molecule has 1 aliphatic heterocycles. The van der Waals surface area contributed by atoms with Crippen LogP contribution in [0.3, 0.4) is 0 Å². The Hall–Kier alpha value is -2.81. The maximum Gasteiger partial charge on any atom is 0.242 e. The van der Waals surface area contributed by atoms with Crippen LogP contribution >= 0.6 is 11.6 Å². The zero-order chi connectivity index (χ0) is 23.2. The molecule has 1 N–H and O–H groups in total. The lowest BCUT2D eigenvalue weighted by atomic mass is 10.2. The fraction of sp³-hybridized carbons (Fsp3) is 0.417. The van der Waals surface area contributed by atoms with Crippen molar-refractivity contribution in [3.05, 3.63) is 53.2 Å². The molecule has 1 saturated heterocycles. The number of nitrogens with zero attached hydrogens (tertiary/aromatic N) is 5. The summed E-state index contributed by atoms with van der Waals surface area (Å²) in [7, 11) is 0. The molecule has 0 atom stereocenters. The lowest BCUT2D eigenvalue weighted by Crippen LogP contribution is -2.37. The Labute approximate surface area is 198 Å². The molecule has 9 heteroatoms. The van der Waals surface area contributed by atoms with Gasteiger partial charge in [-0.25, -0.2) is 9.67 Å². The van der Waals surface area contributed by atoms with Gasteiger partial charge in [-0.05, 0) is 44.0 Å². The highest BCUT2D eigenvalue weighted by Gasteiger charge is 2.17. The minimum absolute atomic E-state index is 0.0433. The summed E-state index contributed by atoms with van der Waals surface area (Å²) >= 11 is 6.19. The summed E-state index contributed by atoms with van der Waals surface area (Å²) in [6, 6.07) is 11.4. The molecule has 0 saturated carbocycles. The lowest BCUT2D eigenvalue weighted by Gasteiger charge is -2.26. The second kappa shape index (κ2) is 10.9. The first-order valence-electron chi connectivity index (χ1n) is 11.2. The summed E-state index contributed by atoms with van der Waals surface area (Å²) in [5, 5.41) is 8.09. The number of hydrogen-bond acceptors (Lipinski definition) is 6. The Morgan fingerprint density at radius 3 is 2.73 bits per heavy atom. The predicted molar refractivity (Wildman–Crippen MR) is 128 cm³/mol. The second-order valence-corrected chi connectivity index (χ2v) is 8.84. The molecule has 1 fully saturated rings. The highest BCUT2D eigenvalue weighted by Crippen LogP contribution is 2.24. The van der Waals surface area contributed by atoms with E-state index in [2.05, 4.69) is 26.4 Å². The molecule has 0 aliphatic carbocycles. The molecule has 0 spiro atoms. The number of benzene rings is 1. The molecule has 174 valence electrons. The fourth-order valence-electron chi connectivity index (χ4n) is 3.72. The summed E-state index contributed by atoms with van der Waals surface area (Å²) in [6.07, 6.45) is 2.80. The van der Waals surface area contributed by atoms with Gasteiger partial charge in [0, 0.05) is 42.5 Å². The van der Waals surface area contributed by atoms with Gasteiger partial charge in [0.25, 0.3) is 0 Å². The number of morpholine rings is 1. The zero-order valence-corrected chi connectivity index (χ0v) is 19.8. The van der Waals surface area contributed by atoms with Crippen molar-refractivity contribution in [3.63, 3.8) is 0 Å². The number of carbonyl (C=O) groups is 1. The predicted octanol–water partition coefficient (Wildman–Crippen LogP) is 3.06. The van der Waals surface area contributed by atoms with Gasteiger partial charge in [0.1, 0.15) is 12.2 Å². The first-order chi connectivity index (χ1) is 16.0. The molecule has 0 unspecified atom stereocenters. The van der Waals surface area contributed by atoms with Gasteiger partial charge < -0.3 is 10.1 Å². The van der Waals surface area contributed by atoms with E-state index in [1.807, 2.05) is 44.3 Å². The summed E-state index contributed by atoms with van der Waals surface area (Å²) in [4.78, 5) is 24.1. The average molecular weight is 469 g/mol. The van der Waals surface area contributed by atoms with E-state index in [4.69, 9.17) is 21.3 Å². The van der Waals surface area contributed by atoms with E-state index in [0.29, 0.717) is 22.4 Å². The Bertz CT molecular complexity index is 1080. The molecule has 1 aromatic carbocycles. The molecule has 33 heavy (non-hydrogen) atoms. The van der Waals surface area contributed by atoms with Crippen molar-refractivity contribution in [2.75, 3.05) is 32.8 Å². The van der Waals surface area contributed by atoms with E-state index >= 15 is 0 Å². The molecule has 3 aromatic rings. The van der Waals surface area contributed by atoms with Gasteiger partial charge in [-0.15, -0.1) is 5.10 Å². The molecular formula is C24H29ClN6O2. The van der Waals surface area contributed by atoms with E-state index in [1.54, 1.807) is 10.7 Å². The zero-order valence-electron chi connectivity index (χ0n) is 19.0. The minimum Gasteiger partial charge on any atom is -0.379 e. The van der Waals surface area contributed by atoms with Crippen LogP contribution in [-0.4, -0.2) is 69.4 Å². The van der Waals surface area contributed by atoms with E-state index in [1.165, 1.54) is 0 Å². The van der Waals surface area contributed by atoms with Crippen LogP contribution in [0.5, 0.6) is 0 Å². The van der Waals surface area contributed by atoms with Crippen LogP contribution in [-0.2, 0) is 22.5 Å². The molecule has 4 rings (SSSR count). The largest absolute Gasteiger partial charge is 0.379 e. The van der Waals surface area contributed by atoms with Crippen LogP contribution in [0.15, 0.2) is 42.6 Å². The molecular weight excluding hydrogens is 440 g/mol. The van der Waals surface area contributed by atoms with Crippen molar-refractivity contribution in [3.8, 4) is 22.9 Å². The molecule has 1 amide bonds. The van der Waals surface area contributed by atoms with E-state index < -0.39 is 0 Å². The standard InChI is InChI=1S/C24H29ClN6O2/c1-17(2)27-22(32)16-31-24(19-4-3-5-20(25)14-19)28-23(29-31)21-7-6-18(15-26-21)8-9-30-10-12-33-13-11-30/h3-7,14-15,17H,8-13,16H2,1-2H3,(H,27,32). The maximum atomic E-state index is 12.4. The third-order valence-corrected chi connectivity index (χ3v) is 5.61. The van der Waals surface area contributed by atoms with Crippen molar-refractivity contribution >= 4 is 17.5 Å². The monoisotopic (exact) mass is 468 g/mol. The SMILES string of the molecule is CC(C)NC(=O)Cn1nc(-c2ccc(CCN3CCOCC3)cn2)nc1-c1cccc(Cl)c1. The van der Waals surface area contributed by atoms with Crippen LogP contribution in [0.1, 0.15) is 19.4 Å². The number of hydrogen-bond donors (Lipinski definition) is 1. The number of ether oxygens (including phenoxy) is 1. The third kappa shape index (κ3) is 6.37. The molecule has 8 nitrogen and oxygen atoms in total. The minimum atomic E-state index is -0.129. The molecule has 1 aliphatic rings. The van der Waals surface area contributed by atoms with Crippen molar-refractivity contribution in [1.82, 2.24) is 30.0 Å². The average Bonchev–Trinajstić information content (AvgIpc) is 3.22. The van der Waals surface area contributed by atoms with Gasteiger partial charge in [-0.2, -0.15) is 0 Å². The summed E-state index contributed by atoms with van der Waals surface area (Å²) in [6.45, 7) is 8.45. The maximum absolute atomic E-state index is 12.4. The smallest absolute Gasteiger partial charge is 0.242 e. The van der Waals surface area contributed by atoms with Crippen LogP contribution in [0.4, 0.5) is 0 Å². The Kier molecular flexibility index (Phi) is 7.69. The second-order valence-electron chi connectivity index (χ2n) is 8.40. The summed E-state index contributed by atoms with van der Waals surface area (Å²) in [5.74, 6) is 0.919. The van der Waals surface area contributed by atoms with Gasteiger partial charge in [-0.3, -0.25) is 14.7 Å². The highest BCUT2D eigenvalue weighted by atomic mass is 35.5. The van der Waals surface area contributed by atoms with Gasteiger partial charge >= 0.3 is 0 Å². The molecule has 0 bridgehead atoms. The van der Waals surface area contributed by atoms with E-state index in [0.717, 1.165) is 50.4 Å². The highest BCUT2D eigenvalue weighted by molar-refractivity contribution is 6.30. The van der Waals surface area contributed by atoms with Crippen LogP contribution in [0.25, 0.3) is 22.9 Å². The van der Waals surface area contributed by atoms with Crippen molar-refractivity contribution < 1.29 is 9.53 Å². The Balaban J connectivity index is 1.54. The summed E-state index contributed by atoms with van der Waals surface area (Å²) < 4.78 is 7.01. The third-order valence-electron chi connectivity index (χ3n) is 5.37. The number of aromatic nitrogens is 4. The quantitative estimate of drug-likeness (QED) is 0.547. The Morgan fingerprint density at radius 2 is 2.03 bits per heavy atom. The van der Waals surface area contributed by atoms with Gasteiger partial charge in [-0.1, -0.05) is 29.8 Å². The number of nitrogens with one attached hydrogen (secondary N) is 1. The number of carbonyl (C=O) groups excluding carboxylic acids is 1. The topological polar surface area (TPSA) is 85.2 Å². The Morgan fingerprint density at radius 1 is 1.21 bits per heavy atom. The van der Waals surface area contributed by atoms with Gasteiger partial charge in [0.05, 0.1) is 13.2 Å². The number of rotatable bonds is 8. The molecule has 2 aromatic heterocycles. The molecule has 3 heterocycles. The van der Waals surface area contributed by atoms with Crippen molar-refractivity contribution in [1.29, 1.82) is 0 Å². The van der Waals surface area contributed by atoms with Crippen LogP contribution < -0.4 is 5.32 Å². The molecule has 0 radical (unpaired) electrons. The summed E-state index contributed by atoms with van der Waals surface area (Å²) in [5.41, 5.74) is 2.62. The van der Waals surface area contributed by atoms with E-state index in [9.17, 15) is 4.79 Å². The van der Waals surface area contributed by atoms with Crippen LogP contribution in [0, 0.1) is 0 Å². The number of halogens is 1. The van der Waals surface area contributed by atoms with Crippen molar-refractivity contribution in [2.24, 2.45) is 0 Å². The normalized spacial score (nSPS) is 14.5. The van der Waals surface area contributed by atoms with E-state index in [-0.39, 0.29) is 18.5 Å². The van der Waals surface area contributed by atoms with Gasteiger partial charge in [0.15, 0.2) is 11.6 Å². The lowest BCUT2D eigenvalue weighted by molar-refractivity contribution is -0.122. The first-order valence-corrected chi connectivity index (χ1v) is 11.6. The fourth-order valence-corrected chi connectivity index (χ4v) is 3.91. The van der Waals surface area contributed by atoms with Gasteiger partial charge in [0.2, 0.25) is 5.91 Å². The van der Waals surface area contributed by atoms with Crippen LogP contribution in [0.2, 0.25) is 5.02 Å². The first kappa shape index (κ1) is 23.4. The number of amides is 1.